The number of hydrogen-bond acceptors (Lipinski definition) is 4. The van der Waals surface area contributed by atoms with Crippen LogP contribution < -0.4 is 5.73 Å². The summed E-state index contributed by atoms with van der Waals surface area (Å²) in [5.74, 6) is -0.392. The standard InChI is InChI=1S/C15H13BrN2O2S/c1-20-15(19)12-6-10(21-14(12)17)4-8-7-18-13-3-2-9(16)5-11(8)13/h2-3,5-7,18H,4,17H2,1H3. The number of anilines is 1. The normalized spacial score (nSPS) is 11.0. The summed E-state index contributed by atoms with van der Waals surface area (Å²) in [6.45, 7) is 0. The molecule has 0 aliphatic carbocycles. The van der Waals surface area contributed by atoms with Gasteiger partial charge < -0.3 is 15.5 Å². The van der Waals surface area contributed by atoms with E-state index in [4.69, 9.17) is 10.5 Å². The number of carbonyl (C=O) groups excluding carboxylic acids is 1. The van der Waals surface area contributed by atoms with Crippen molar-refractivity contribution in [1.29, 1.82) is 0 Å². The summed E-state index contributed by atoms with van der Waals surface area (Å²) in [7, 11) is 1.36. The highest BCUT2D eigenvalue weighted by Crippen LogP contribution is 2.30. The predicted octanol–water partition coefficient (Wildman–Crippen LogP) is 3.95. The molecule has 3 N–H and O–H groups in total. The van der Waals surface area contributed by atoms with Crippen LogP contribution in [0.15, 0.2) is 34.9 Å². The number of nitrogen functional groups attached to an aromatic ring is 1. The molecule has 0 atom stereocenters. The van der Waals surface area contributed by atoms with Gasteiger partial charge in [-0.2, -0.15) is 0 Å². The van der Waals surface area contributed by atoms with Crippen LogP contribution in [0.3, 0.4) is 0 Å². The maximum Gasteiger partial charge on any atom is 0.340 e. The van der Waals surface area contributed by atoms with E-state index < -0.39 is 5.97 Å². The fraction of sp³-hybridized carbons (Fsp3) is 0.133. The number of carbonyl (C=O) groups is 1. The van der Waals surface area contributed by atoms with Gasteiger partial charge in [0.1, 0.15) is 5.00 Å². The molecule has 0 amide bonds. The molecule has 0 saturated carbocycles. The number of nitrogens with one attached hydrogen (secondary N) is 1. The second kappa shape index (κ2) is 5.54. The van der Waals surface area contributed by atoms with Crippen molar-refractivity contribution in [1.82, 2.24) is 4.98 Å². The Bertz CT molecular complexity index is 822. The first-order valence-corrected chi connectivity index (χ1v) is 7.91. The zero-order chi connectivity index (χ0) is 15.0. The smallest absolute Gasteiger partial charge is 0.340 e. The largest absolute Gasteiger partial charge is 0.465 e. The summed E-state index contributed by atoms with van der Waals surface area (Å²) < 4.78 is 5.77. The zero-order valence-corrected chi connectivity index (χ0v) is 13.7. The van der Waals surface area contributed by atoms with Crippen LogP contribution in [0.25, 0.3) is 10.9 Å². The van der Waals surface area contributed by atoms with Crippen LogP contribution in [-0.2, 0) is 11.2 Å². The van der Waals surface area contributed by atoms with Gasteiger partial charge in [-0.3, -0.25) is 0 Å². The lowest BCUT2D eigenvalue weighted by atomic mass is 10.1. The molecule has 0 unspecified atom stereocenters. The quantitative estimate of drug-likeness (QED) is 0.691. The summed E-state index contributed by atoms with van der Waals surface area (Å²) in [6, 6.07) is 7.93. The van der Waals surface area contributed by atoms with Crippen molar-refractivity contribution in [2.45, 2.75) is 6.42 Å². The summed E-state index contributed by atoms with van der Waals surface area (Å²) in [5, 5.41) is 1.66. The average molecular weight is 365 g/mol. The van der Waals surface area contributed by atoms with Gasteiger partial charge in [0.05, 0.1) is 12.7 Å². The van der Waals surface area contributed by atoms with Gasteiger partial charge in [0.15, 0.2) is 0 Å². The Labute approximate surface area is 134 Å². The Morgan fingerprint density at radius 2 is 2.24 bits per heavy atom. The number of ether oxygens (including phenoxy) is 1. The molecule has 3 aromatic rings. The summed E-state index contributed by atoms with van der Waals surface area (Å²) >= 11 is 4.91. The van der Waals surface area contributed by atoms with Gasteiger partial charge in [-0.25, -0.2) is 4.79 Å². The number of halogens is 1. The van der Waals surface area contributed by atoms with Crippen LogP contribution in [0.4, 0.5) is 5.00 Å². The van der Waals surface area contributed by atoms with Gasteiger partial charge in [0.2, 0.25) is 0 Å². The molecule has 2 aromatic heterocycles. The minimum absolute atomic E-state index is 0.392. The molecule has 3 rings (SSSR count). The number of aromatic nitrogens is 1. The van der Waals surface area contributed by atoms with E-state index in [-0.39, 0.29) is 0 Å². The van der Waals surface area contributed by atoms with Gasteiger partial charge in [-0.15, -0.1) is 11.3 Å². The minimum Gasteiger partial charge on any atom is -0.465 e. The molecule has 0 fully saturated rings. The number of methoxy groups -OCH3 is 1. The van der Waals surface area contributed by atoms with Crippen LogP contribution in [0, 0.1) is 0 Å². The maximum absolute atomic E-state index is 11.6. The van der Waals surface area contributed by atoms with E-state index in [9.17, 15) is 4.79 Å². The number of fused-ring (bicyclic) bond motifs is 1. The number of hydrogen-bond donors (Lipinski definition) is 2. The number of benzene rings is 1. The summed E-state index contributed by atoms with van der Waals surface area (Å²) in [4.78, 5) is 15.9. The Balaban J connectivity index is 1.95. The SMILES string of the molecule is COC(=O)c1cc(Cc2c[nH]c3ccc(Br)cc23)sc1N. The predicted molar refractivity (Wildman–Crippen MR) is 88.9 cm³/mol. The Morgan fingerprint density at radius 3 is 3.00 bits per heavy atom. The fourth-order valence-electron chi connectivity index (χ4n) is 2.30. The number of nitrogens with two attached hydrogens (primary N) is 1. The third-order valence-electron chi connectivity index (χ3n) is 3.31. The molecule has 6 heteroatoms. The third-order valence-corrected chi connectivity index (χ3v) is 4.77. The molecule has 0 spiro atoms. The second-order valence-corrected chi connectivity index (χ2v) is 6.75. The first-order valence-electron chi connectivity index (χ1n) is 6.30. The van der Waals surface area contributed by atoms with E-state index in [1.165, 1.54) is 24.0 Å². The van der Waals surface area contributed by atoms with E-state index in [1.807, 2.05) is 24.4 Å². The third kappa shape index (κ3) is 2.69. The molecule has 21 heavy (non-hydrogen) atoms. The van der Waals surface area contributed by atoms with E-state index in [2.05, 4.69) is 27.0 Å². The highest BCUT2D eigenvalue weighted by atomic mass is 79.9. The number of esters is 1. The van der Waals surface area contributed by atoms with Crippen molar-refractivity contribution in [2.24, 2.45) is 0 Å². The first-order chi connectivity index (χ1) is 10.1. The van der Waals surface area contributed by atoms with Gasteiger partial charge in [-0.05, 0) is 29.8 Å². The highest BCUT2D eigenvalue weighted by molar-refractivity contribution is 9.10. The minimum atomic E-state index is -0.392. The van der Waals surface area contributed by atoms with Gasteiger partial charge in [0.25, 0.3) is 0 Å². The van der Waals surface area contributed by atoms with Crippen molar-refractivity contribution in [3.63, 3.8) is 0 Å². The average Bonchev–Trinajstić information content (AvgIpc) is 3.02. The number of H-pyrrole nitrogens is 1. The molecule has 0 bridgehead atoms. The lowest BCUT2D eigenvalue weighted by Gasteiger charge is -1.97. The highest BCUT2D eigenvalue weighted by Gasteiger charge is 2.15. The zero-order valence-electron chi connectivity index (χ0n) is 11.3. The van der Waals surface area contributed by atoms with Crippen molar-refractivity contribution in [3.8, 4) is 0 Å². The van der Waals surface area contributed by atoms with E-state index in [1.54, 1.807) is 0 Å². The number of thiophene rings is 1. The summed E-state index contributed by atoms with van der Waals surface area (Å²) in [5.41, 5.74) is 8.59. The van der Waals surface area contributed by atoms with Gasteiger partial charge in [0, 0.05) is 32.9 Å². The molecule has 4 nitrogen and oxygen atoms in total. The van der Waals surface area contributed by atoms with Crippen LogP contribution in [0.1, 0.15) is 20.8 Å². The number of aromatic amines is 1. The Kier molecular flexibility index (Phi) is 3.73. The number of rotatable bonds is 3. The van der Waals surface area contributed by atoms with Crippen molar-refractivity contribution >= 4 is 49.1 Å². The van der Waals surface area contributed by atoms with E-state index in [0.29, 0.717) is 10.6 Å². The lowest BCUT2D eigenvalue weighted by Crippen LogP contribution is -2.02. The van der Waals surface area contributed by atoms with E-state index >= 15 is 0 Å². The molecule has 0 radical (unpaired) electrons. The van der Waals surface area contributed by atoms with Gasteiger partial charge >= 0.3 is 5.97 Å². The van der Waals surface area contributed by atoms with Crippen LogP contribution >= 0.6 is 27.3 Å². The first kappa shape index (κ1) is 14.2. The molecular formula is C15H13BrN2O2S. The Morgan fingerprint density at radius 1 is 1.43 bits per heavy atom. The molecule has 1 aromatic carbocycles. The maximum atomic E-state index is 11.6. The van der Waals surface area contributed by atoms with Crippen LogP contribution in [0.2, 0.25) is 0 Å². The second-order valence-electron chi connectivity index (χ2n) is 4.66. The molecule has 108 valence electrons. The topological polar surface area (TPSA) is 68.1 Å². The molecular weight excluding hydrogens is 352 g/mol. The van der Waals surface area contributed by atoms with E-state index in [0.717, 1.165) is 26.7 Å². The molecule has 0 saturated heterocycles. The molecule has 0 aliphatic rings. The van der Waals surface area contributed by atoms with Crippen LogP contribution in [0.5, 0.6) is 0 Å². The van der Waals surface area contributed by atoms with Crippen molar-refractivity contribution < 1.29 is 9.53 Å². The van der Waals surface area contributed by atoms with Crippen molar-refractivity contribution in [3.05, 3.63) is 50.9 Å². The Hall–Kier alpha value is -1.79. The lowest BCUT2D eigenvalue weighted by molar-refractivity contribution is 0.0602. The van der Waals surface area contributed by atoms with Crippen molar-refractivity contribution in [2.75, 3.05) is 12.8 Å². The summed E-state index contributed by atoms with van der Waals surface area (Å²) in [6.07, 6.45) is 2.72. The van der Waals surface area contributed by atoms with Crippen LogP contribution in [-0.4, -0.2) is 18.1 Å². The molecule has 0 aliphatic heterocycles. The molecule has 2 heterocycles. The van der Waals surface area contributed by atoms with Gasteiger partial charge in [-0.1, -0.05) is 15.9 Å². The monoisotopic (exact) mass is 364 g/mol. The fourth-order valence-corrected chi connectivity index (χ4v) is 3.60.